The molecule has 0 atom stereocenters. The summed E-state index contributed by atoms with van der Waals surface area (Å²) >= 11 is 3.56. The van der Waals surface area contributed by atoms with Gasteiger partial charge in [-0.25, -0.2) is 0 Å². The summed E-state index contributed by atoms with van der Waals surface area (Å²) in [7, 11) is 0. The lowest BCUT2D eigenvalue weighted by Crippen LogP contribution is -1.95. The Labute approximate surface area is 145 Å². The van der Waals surface area contributed by atoms with Crippen LogP contribution in [0.5, 0.6) is 5.75 Å². The third-order valence-corrected chi connectivity index (χ3v) is 4.37. The Hall–Kier alpha value is -1.74. The number of ether oxygens (including phenoxy) is 1. The Morgan fingerprint density at radius 3 is 2.57 bits per heavy atom. The van der Waals surface area contributed by atoms with Gasteiger partial charge in [0.2, 0.25) is 0 Å². The zero-order valence-electron chi connectivity index (χ0n) is 13.6. The van der Waals surface area contributed by atoms with Gasteiger partial charge in [-0.15, -0.1) is 0 Å². The standard InChI is InChI=1S/C20H21BrO2/c1-3-22-16-7-5-15(6-8-16)13-20-17(10-11-21)18-12-14(2)4-9-19(18)23-20/h4-9,12H,3,10-11,13H2,1-2H3. The number of fused-ring (bicyclic) bond motifs is 1. The average molecular weight is 373 g/mol. The van der Waals surface area contributed by atoms with E-state index in [2.05, 4.69) is 53.2 Å². The summed E-state index contributed by atoms with van der Waals surface area (Å²) in [6.45, 7) is 4.81. The second-order valence-electron chi connectivity index (χ2n) is 5.70. The first-order valence-corrected chi connectivity index (χ1v) is 9.12. The lowest BCUT2D eigenvalue weighted by Gasteiger charge is -2.05. The number of halogens is 1. The van der Waals surface area contributed by atoms with Gasteiger partial charge in [0.1, 0.15) is 17.1 Å². The van der Waals surface area contributed by atoms with Crippen LogP contribution in [0.25, 0.3) is 11.0 Å². The van der Waals surface area contributed by atoms with Gasteiger partial charge in [0, 0.05) is 22.7 Å². The molecule has 0 aliphatic heterocycles. The van der Waals surface area contributed by atoms with Crippen LogP contribution in [0.15, 0.2) is 46.9 Å². The minimum Gasteiger partial charge on any atom is -0.494 e. The highest BCUT2D eigenvalue weighted by atomic mass is 79.9. The molecule has 3 rings (SSSR count). The predicted molar refractivity (Wildman–Crippen MR) is 98.9 cm³/mol. The van der Waals surface area contributed by atoms with E-state index >= 15 is 0 Å². The molecule has 3 heteroatoms. The molecule has 1 aromatic heterocycles. The lowest BCUT2D eigenvalue weighted by atomic mass is 10.0. The van der Waals surface area contributed by atoms with E-state index in [1.807, 2.05) is 19.1 Å². The predicted octanol–water partition coefficient (Wildman–Crippen LogP) is 5.67. The molecular formula is C20H21BrO2. The summed E-state index contributed by atoms with van der Waals surface area (Å²) in [5, 5.41) is 2.18. The van der Waals surface area contributed by atoms with Gasteiger partial charge in [-0.2, -0.15) is 0 Å². The van der Waals surface area contributed by atoms with Crippen LogP contribution < -0.4 is 4.74 Å². The van der Waals surface area contributed by atoms with Gasteiger partial charge in [0.05, 0.1) is 6.61 Å². The number of hydrogen-bond donors (Lipinski definition) is 0. The number of hydrogen-bond acceptors (Lipinski definition) is 2. The first-order valence-electron chi connectivity index (χ1n) is 8.00. The van der Waals surface area contributed by atoms with Crippen LogP contribution in [0.4, 0.5) is 0 Å². The highest BCUT2D eigenvalue weighted by molar-refractivity contribution is 9.09. The molecule has 0 radical (unpaired) electrons. The van der Waals surface area contributed by atoms with Crippen LogP contribution in [0, 0.1) is 6.92 Å². The van der Waals surface area contributed by atoms with Gasteiger partial charge in [-0.05, 0) is 50.1 Å². The topological polar surface area (TPSA) is 22.4 Å². The maximum absolute atomic E-state index is 6.14. The molecule has 2 nitrogen and oxygen atoms in total. The van der Waals surface area contributed by atoms with Crippen LogP contribution in [0.2, 0.25) is 0 Å². The third-order valence-electron chi connectivity index (χ3n) is 3.97. The van der Waals surface area contributed by atoms with Crippen LogP contribution in [-0.4, -0.2) is 11.9 Å². The van der Waals surface area contributed by atoms with Gasteiger partial charge in [-0.3, -0.25) is 0 Å². The molecule has 1 heterocycles. The smallest absolute Gasteiger partial charge is 0.134 e. The van der Waals surface area contributed by atoms with Crippen molar-refractivity contribution in [3.8, 4) is 5.75 Å². The molecule has 0 saturated carbocycles. The zero-order chi connectivity index (χ0) is 16.2. The molecule has 0 bridgehead atoms. The van der Waals surface area contributed by atoms with E-state index in [1.165, 1.54) is 22.1 Å². The molecule has 0 aliphatic rings. The second-order valence-corrected chi connectivity index (χ2v) is 6.49. The Bertz CT molecular complexity index is 787. The van der Waals surface area contributed by atoms with E-state index in [0.717, 1.165) is 35.3 Å². The number of furan rings is 1. The van der Waals surface area contributed by atoms with Gasteiger partial charge >= 0.3 is 0 Å². The van der Waals surface area contributed by atoms with Gasteiger partial charge < -0.3 is 9.15 Å². The summed E-state index contributed by atoms with van der Waals surface area (Å²) < 4.78 is 11.6. The summed E-state index contributed by atoms with van der Waals surface area (Å²) in [5.74, 6) is 1.98. The van der Waals surface area contributed by atoms with E-state index < -0.39 is 0 Å². The summed E-state index contributed by atoms with van der Waals surface area (Å²) in [6.07, 6.45) is 1.78. The first kappa shape index (κ1) is 16.1. The van der Waals surface area contributed by atoms with Crippen LogP contribution in [-0.2, 0) is 12.8 Å². The molecule has 23 heavy (non-hydrogen) atoms. The average Bonchev–Trinajstić information content (AvgIpc) is 2.87. The fourth-order valence-electron chi connectivity index (χ4n) is 2.88. The lowest BCUT2D eigenvalue weighted by molar-refractivity contribution is 0.340. The van der Waals surface area contributed by atoms with Crippen molar-refractivity contribution in [1.29, 1.82) is 0 Å². The van der Waals surface area contributed by atoms with Crippen molar-refractivity contribution in [3.05, 3.63) is 64.9 Å². The zero-order valence-corrected chi connectivity index (χ0v) is 15.2. The highest BCUT2D eigenvalue weighted by Gasteiger charge is 2.14. The van der Waals surface area contributed by atoms with Crippen molar-refractivity contribution in [1.82, 2.24) is 0 Å². The Balaban J connectivity index is 1.93. The van der Waals surface area contributed by atoms with Gasteiger partial charge in [0.15, 0.2) is 0 Å². The second kappa shape index (κ2) is 7.22. The fourth-order valence-corrected chi connectivity index (χ4v) is 3.28. The maximum Gasteiger partial charge on any atom is 0.134 e. The largest absolute Gasteiger partial charge is 0.494 e. The normalized spacial score (nSPS) is 11.1. The SMILES string of the molecule is CCOc1ccc(Cc2oc3ccc(C)cc3c2CCBr)cc1. The number of benzene rings is 2. The van der Waals surface area contributed by atoms with Gasteiger partial charge in [-0.1, -0.05) is 39.7 Å². The van der Waals surface area contributed by atoms with Crippen LogP contribution in [0.3, 0.4) is 0 Å². The van der Waals surface area contributed by atoms with E-state index in [9.17, 15) is 0 Å². The molecule has 3 aromatic rings. The molecule has 0 aliphatic carbocycles. The van der Waals surface area contributed by atoms with Crippen LogP contribution in [0.1, 0.15) is 29.4 Å². The number of aryl methyl sites for hydroxylation is 2. The molecule has 2 aromatic carbocycles. The molecule has 0 unspecified atom stereocenters. The highest BCUT2D eigenvalue weighted by Crippen LogP contribution is 2.30. The molecular weight excluding hydrogens is 352 g/mol. The Morgan fingerprint density at radius 1 is 1.09 bits per heavy atom. The number of rotatable bonds is 6. The van der Waals surface area contributed by atoms with Crippen molar-refractivity contribution in [2.45, 2.75) is 26.7 Å². The minimum absolute atomic E-state index is 0.692. The molecule has 0 N–H and O–H groups in total. The molecule has 0 saturated heterocycles. The quantitative estimate of drug-likeness (QED) is 0.520. The van der Waals surface area contributed by atoms with Crippen LogP contribution >= 0.6 is 15.9 Å². The van der Waals surface area contributed by atoms with E-state index in [1.54, 1.807) is 0 Å². The van der Waals surface area contributed by atoms with E-state index in [4.69, 9.17) is 9.15 Å². The van der Waals surface area contributed by atoms with Crippen molar-refractivity contribution in [3.63, 3.8) is 0 Å². The van der Waals surface area contributed by atoms with Crippen molar-refractivity contribution < 1.29 is 9.15 Å². The molecule has 120 valence electrons. The van der Waals surface area contributed by atoms with Crippen molar-refractivity contribution in [2.24, 2.45) is 0 Å². The minimum atomic E-state index is 0.692. The van der Waals surface area contributed by atoms with E-state index in [0.29, 0.717) is 6.61 Å². The monoisotopic (exact) mass is 372 g/mol. The van der Waals surface area contributed by atoms with E-state index in [-0.39, 0.29) is 0 Å². The van der Waals surface area contributed by atoms with Crippen molar-refractivity contribution >= 4 is 26.9 Å². The van der Waals surface area contributed by atoms with Crippen molar-refractivity contribution in [2.75, 3.05) is 11.9 Å². The molecule has 0 spiro atoms. The Morgan fingerprint density at radius 2 is 1.87 bits per heavy atom. The summed E-state index contributed by atoms with van der Waals surface area (Å²) in [4.78, 5) is 0. The molecule has 0 fully saturated rings. The maximum atomic E-state index is 6.14. The Kier molecular flexibility index (Phi) is 5.06. The number of alkyl halides is 1. The first-order chi connectivity index (χ1) is 11.2. The summed E-state index contributed by atoms with van der Waals surface area (Å²) in [5.41, 5.74) is 4.80. The fraction of sp³-hybridized carbons (Fsp3) is 0.300. The molecule has 0 amide bonds. The van der Waals surface area contributed by atoms with Gasteiger partial charge in [0.25, 0.3) is 0 Å². The summed E-state index contributed by atoms with van der Waals surface area (Å²) in [6, 6.07) is 14.7. The third kappa shape index (κ3) is 3.61.